The number of carbonyl (C=O) groups is 1. The number of urea groups is 1. The standard InChI is InChI=1S/C7H6Cl2N2O/c8-5-1-3-6(4-2-5)10-7(12)11-9/h1-4H,(H2,10,11,12). The second kappa shape index (κ2) is 4.18. The molecule has 0 heterocycles. The molecule has 0 aliphatic carbocycles. The molecule has 0 unspecified atom stereocenters. The Hall–Kier alpha value is -0.930. The Kier molecular flexibility index (Phi) is 3.19. The first-order valence-corrected chi connectivity index (χ1v) is 3.91. The van der Waals surface area contributed by atoms with Crippen molar-refractivity contribution in [3.05, 3.63) is 29.3 Å². The lowest BCUT2D eigenvalue weighted by molar-refractivity contribution is 0.257. The summed E-state index contributed by atoms with van der Waals surface area (Å²) >= 11 is 10.7. The number of benzene rings is 1. The third kappa shape index (κ3) is 2.60. The zero-order valence-electron chi connectivity index (χ0n) is 5.97. The lowest BCUT2D eigenvalue weighted by Gasteiger charge is -2.01. The fraction of sp³-hybridized carbons (Fsp3) is 0. The van der Waals surface area contributed by atoms with E-state index >= 15 is 0 Å². The zero-order valence-corrected chi connectivity index (χ0v) is 7.49. The van der Waals surface area contributed by atoms with E-state index in [0.29, 0.717) is 10.7 Å². The highest BCUT2D eigenvalue weighted by molar-refractivity contribution is 6.30. The van der Waals surface area contributed by atoms with E-state index in [2.05, 4.69) is 5.32 Å². The minimum atomic E-state index is -0.473. The molecule has 12 heavy (non-hydrogen) atoms. The number of amides is 2. The fourth-order valence-electron chi connectivity index (χ4n) is 0.688. The molecule has 2 N–H and O–H groups in total. The molecular weight excluding hydrogens is 199 g/mol. The molecule has 2 amide bonds. The summed E-state index contributed by atoms with van der Waals surface area (Å²) in [5.74, 6) is 0. The molecule has 0 spiro atoms. The maximum Gasteiger partial charge on any atom is 0.333 e. The lowest BCUT2D eigenvalue weighted by atomic mass is 10.3. The summed E-state index contributed by atoms with van der Waals surface area (Å²) in [7, 11) is 0. The Balaban J connectivity index is 2.64. The highest BCUT2D eigenvalue weighted by atomic mass is 35.5. The summed E-state index contributed by atoms with van der Waals surface area (Å²) in [5, 5.41) is 3.10. The Morgan fingerprint density at radius 2 is 1.83 bits per heavy atom. The van der Waals surface area contributed by atoms with Crippen molar-refractivity contribution in [3.63, 3.8) is 0 Å². The quantitative estimate of drug-likeness (QED) is 0.679. The van der Waals surface area contributed by atoms with Crippen molar-refractivity contribution < 1.29 is 4.79 Å². The molecule has 0 aliphatic heterocycles. The molecule has 5 heteroatoms. The van der Waals surface area contributed by atoms with Crippen LogP contribution in [0.4, 0.5) is 10.5 Å². The Bertz CT molecular complexity index is 273. The molecule has 0 radical (unpaired) electrons. The van der Waals surface area contributed by atoms with Crippen LogP contribution >= 0.6 is 23.4 Å². The molecule has 1 rings (SSSR count). The van der Waals surface area contributed by atoms with Gasteiger partial charge in [-0.1, -0.05) is 11.6 Å². The van der Waals surface area contributed by atoms with E-state index in [1.807, 2.05) is 4.84 Å². The molecule has 1 aromatic carbocycles. The molecule has 1 aromatic rings. The SMILES string of the molecule is O=C(NCl)Nc1ccc(Cl)cc1. The van der Waals surface area contributed by atoms with Gasteiger partial charge in [0.25, 0.3) is 0 Å². The maximum atomic E-state index is 10.7. The van der Waals surface area contributed by atoms with Crippen molar-refractivity contribution in [3.8, 4) is 0 Å². The van der Waals surface area contributed by atoms with Crippen molar-refractivity contribution >= 4 is 35.1 Å². The van der Waals surface area contributed by atoms with Crippen molar-refractivity contribution in [2.75, 3.05) is 5.32 Å². The molecule has 64 valence electrons. The van der Waals surface area contributed by atoms with Gasteiger partial charge in [-0.05, 0) is 24.3 Å². The smallest absolute Gasteiger partial charge is 0.307 e. The largest absolute Gasteiger partial charge is 0.333 e. The van der Waals surface area contributed by atoms with Gasteiger partial charge < -0.3 is 5.32 Å². The first-order valence-electron chi connectivity index (χ1n) is 3.15. The van der Waals surface area contributed by atoms with Crippen LogP contribution in [0, 0.1) is 0 Å². The highest BCUT2D eigenvalue weighted by Gasteiger charge is 1.97. The third-order valence-corrected chi connectivity index (χ3v) is 1.61. The summed E-state index contributed by atoms with van der Waals surface area (Å²) < 4.78 is 0. The van der Waals surface area contributed by atoms with Crippen molar-refractivity contribution in [2.45, 2.75) is 0 Å². The summed E-state index contributed by atoms with van der Waals surface area (Å²) in [5.41, 5.74) is 0.637. The zero-order chi connectivity index (χ0) is 8.97. The van der Waals surface area contributed by atoms with Gasteiger partial charge >= 0.3 is 6.03 Å². The van der Waals surface area contributed by atoms with Crippen LogP contribution in [0.2, 0.25) is 5.02 Å². The van der Waals surface area contributed by atoms with Gasteiger partial charge in [-0.15, -0.1) is 0 Å². The molecule has 0 saturated heterocycles. The van der Waals surface area contributed by atoms with Gasteiger partial charge in [0.1, 0.15) is 0 Å². The Labute approximate surface area is 79.8 Å². The fourth-order valence-corrected chi connectivity index (χ4v) is 0.861. The van der Waals surface area contributed by atoms with Crippen molar-refractivity contribution in [1.29, 1.82) is 0 Å². The predicted molar refractivity (Wildman–Crippen MR) is 49.5 cm³/mol. The number of anilines is 1. The second-order valence-corrected chi connectivity index (χ2v) is 2.68. The number of carbonyl (C=O) groups excluding carboxylic acids is 1. The van der Waals surface area contributed by atoms with Gasteiger partial charge in [-0.2, -0.15) is 0 Å². The average molecular weight is 205 g/mol. The van der Waals surface area contributed by atoms with Crippen LogP contribution in [0.3, 0.4) is 0 Å². The van der Waals surface area contributed by atoms with Gasteiger partial charge in [0.05, 0.1) is 0 Å². The van der Waals surface area contributed by atoms with E-state index in [1.165, 1.54) is 0 Å². The Morgan fingerprint density at radius 3 is 2.33 bits per heavy atom. The van der Waals surface area contributed by atoms with Gasteiger partial charge in [-0.3, -0.25) is 0 Å². The van der Waals surface area contributed by atoms with Crippen LogP contribution in [0.15, 0.2) is 24.3 Å². The minimum absolute atomic E-state index is 0.473. The Morgan fingerprint density at radius 1 is 1.25 bits per heavy atom. The molecule has 3 nitrogen and oxygen atoms in total. The van der Waals surface area contributed by atoms with E-state index in [9.17, 15) is 4.79 Å². The second-order valence-electron chi connectivity index (χ2n) is 2.06. The topological polar surface area (TPSA) is 41.1 Å². The minimum Gasteiger partial charge on any atom is -0.307 e. The number of hydrogen-bond donors (Lipinski definition) is 2. The summed E-state index contributed by atoms with van der Waals surface area (Å²) in [6.07, 6.45) is 0. The van der Waals surface area contributed by atoms with Crippen molar-refractivity contribution in [1.82, 2.24) is 4.84 Å². The molecule has 0 aromatic heterocycles. The van der Waals surface area contributed by atoms with Crippen LogP contribution in [0.5, 0.6) is 0 Å². The number of hydrogen-bond acceptors (Lipinski definition) is 1. The monoisotopic (exact) mass is 204 g/mol. The number of nitrogens with one attached hydrogen (secondary N) is 2. The molecule has 0 atom stereocenters. The van der Waals surface area contributed by atoms with E-state index in [4.69, 9.17) is 23.4 Å². The van der Waals surface area contributed by atoms with Gasteiger partial charge in [0.2, 0.25) is 0 Å². The molecule has 0 bridgehead atoms. The van der Waals surface area contributed by atoms with Crippen LogP contribution < -0.4 is 10.2 Å². The van der Waals surface area contributed by atoms with Crippen LogP contribution in [0.1, 0.15) is 0 Å². The predicted octanol–water partition coefficient (Wildman–Crippen LogP) is 2.62. The van der Waals surface area contributed by atoms with E-state index in [-0.39, 0.29) is 0 Å². The summed E-state index contributed by atoms with van der Waals surface area (Å²) in [4.78, 5) is 12.6. The normalized spacial score (nSPS) is 9.17. The van der Waals surface area contributed by atoms with E-state index < -0.39 is 6.03 Å². The molecule has 0 saturated carbocycles. The maximum absolute atomic E-state index is 10.7. The van der Waals surface area contributed by atoms with E-state index in [0.717, 1.165) is 0 Å². The van der Waals surface area contributed by atoms with Gasteiger partial charge in [0.15, 0.2) is 0 Å². The van der Waals surface area contributed by atoms with E-state index in [1.54, 1.807) is 24.3 Å². The van der Waals surface area contributed by atoms with Crippen molar-refractivity contribution in [2.24, 2.45) is 0 Å². The van der Waals surface area contributed by atoms with Gasteiger partial charge in [-0.25, -0.2) is 9.63 Å². The van der Waals surface area contributed by atoms with Crippen LogP contribution in [-0.2, 0) is 0 Å². The first-order chi connectivity index (χ1) is 5.72. The third-order valence-electron chi connectivity index (χ3n) is 1.19. The number of rotatable bonds is 1. The number of halogens is 2. The molecule has 0 fully saturated rings. The summed E-state index contributed by atoms with van der Waals surface area (Å²) in [6, 6.07) is 6.22. The molecule has 0 aliphatic rings. The van der Waals surface area contributed by atoms with Crippen LogP contribution in [0.25, 0.3) is 0 Å². The molecular formula is C7H6Cl2N2O. The lowest BCUT2D eigenvalue weighted by Crippen LogP contribution is -2.19. The summed E-state index contributed by atoms with van der Waals surface area (Å²) in [6.45, 7) is 0. The van der Waals surface area contributed by atoms with Gasteiger partial charge in [0, 0.05) is 22.5 Å². The highest BCUT2D eigenvalue weighted by Crippen LogP contribution is 2.12. The van der Waals surface area contributed by atoms with Crippen LogP contribution in [-0.4, -0.2) is 6.03 Å². The average Bonchev–Trinajstić information content (AvgIpc) is 2.09. The first kappa shape index (κ1) is 9.16.